The molecule has 1 aliphatic rings. The summed E-state index contributed by atoms with van der Waals surface area (Å²) in [5, 5.41) is 80.4. The molecule has 1 saturated heterocycles. The number of nitro groups is 6. The summed E-state index contributed by atoms with van der Waals surface area (Å²) in [6, 6.07) is 12.0. The van der Waals surface area contributed by atoms with Gasteiger partial charge in [0.05, 0.1) is 59.2 Å². The minimum atomic E-state index is -1.21. The van der Waals surface area contributed by atoms with E-state index in [0.717, 1.165) is 39.0 Å². The molecule has 4 rings (SSSR count). The lowest BCUT2D eigenvalue weighted by Gasteiger charge is -2.39. The molecule has 2 N–H and O–H groups in total. The van der Waals surface area contributed by atoms with Gasteiger partial charge in [-0.2, -0.15) is 0 Å². The van der Waals surface area contributed by atoms with Crippen LogP contribution in [0, 0.1) is 60.7 Å². The van der Waals surface area contributed by atoms with E-state index in [1.165, 1.54) is 11.8 Å². The Morgan fingerprint density at radius 2 is 1.02 bits per heavy atom. The summed E-state index contributed by atoms with van der Waals surface area (Å²) in [6.07, 6.45) is 3.05. The Bertz CT molecular complexity index is 1650. The SMILES string of the molecule is CN(C)CCN1CCC(C=O)(c2ccccc2)CC1.O=[N+]([O-])c1cc([N+](=O)[O-])c(O)c([N+](=O)[O-])c1.O=[N+]([O-])c1cc([N+](=O)[O-])c(O)c([N+](=O)[O-])c1. The molecule has 23 nitrogen and oxygen atoms in total. The Morgan fingerprint density at radius 3 is 1.29 bits per heavy atom. The second-order valence-corrected chi connectivity index (χ2v) is 11.0. The van der Waals surface area contributed by atoms with Gasteiger partial charge < -0.3 is 24.8 Å². The maximum absolute atomic E-state index is 11.6. The minimum Gasteiger partial charge on any atom is -0.497 e. The van der Waals surface area contributed by atoms with Crippen LogP contribution in [0.25, 0.3) is 0 Å². The maximum Gasteiger partial charge on any atom is 0.324 e. The number of benzene rings is 3. The molecule has 0 aromatic heterocycles. The van der Waals surface area contributed by atoms with Crippen LogP contribution in [-0.4, -0.2) is 96.1 Å². The van der Waals surface area contributed by atoms with Gasteiger partial charge in [-0.25, -0.2) is 0 Å². The van der Waals surface area contributed by atoms with E-state index in [1.807, 2.05) is 18.2 Å². The Morgan fingerprint density at radius 1 is 0.667 bits per heavy atom. The van der Waals surface area contributed by atoms with Crippen molar-refractivity contribution in [2.24, 2.45) is 0 Å². The van der Waals surface area contributed by atoms with E-state index in [2.05, 4.69) is 36.0 Å². The fraction of sp³-hybridized carbons (Fsp3) is 0.321. The second-order valence-electron chi connectivity index (χ2n) is 11.0. The minimum absolute atomic E-state index is 0.254. The van der Waals surface area contributed by atoms with Gasteiger partial charge in [-0.1, -0.05) is 30.3 Å². The van der Waals surface area contributed by atoms with Crippen LogP contribution in [-0.2, 0) is 10.2 Å². The number of likely N-dealkylation sites (tertiary alicyclic amines) is 1. The molecule has 1 fully saturated rings. The van der Waals surface area contributed by atoms with Gasteiger partial charge in [0.25, 0.3) is 22.9 Å². The predicted octanol–water partition coefficient (Wildman–Crippen LogP) is 4.01. The monoisotopic (exact) mass is 718 g/mol. The van der Waals surface area contributed by atoms with E-state index in [4.69, 9.17) is 10.2 Å². The quantitative estimate of drug-likeness (QED) is 0.160. The first-order valence-electron chi connectivity index (χ1n) is 14.3. The van der Waals surface area contributed by atoms with Crippen LogP contribution in [0.15, 0.2) is 54.6 Å². The number of phenolic OH excluding ortho intramolecular Hbond substituents is 2. The molecule has 23 heteroatoms. The lowest BCUT2D eigenvalue weighted by Crippen LogP contribution is -2.45. The average molecular weight is 719 g/mol. The zero-order valence-electron chi connectivity index (χ0n) is 26.8. The highest BCUT2D eigenvalue weighted by Gasteiger charge is 2.36. The summed E-state index contributed by atoms with van der Waals surface area (Å²) in [7, 11) is 4.20. The second kappa shape index (κ2) is 17.6. The zero-order valence-corrected chi connectivity index (χ0v) is 26.8. The topological polar surface area (TPSA) is 323 Å². The van der Waals surface area contributed by atoms with E-state index in [9.17, 15) is 65.5 Å². The number of piperidine rings is 1. The van der Waals surface area contributed by atoms with E-state index in [-0.39, 0.29) is 5.41 Å². The smallest absolute Gasteiger partial charge is 0.324 e. The van der Waals surface area contributed by atoms with Gasteiger partial charge in [0, 0.05) is 13.1 Å². The number of nitro benzene ring substituents is 6. The third kappa shape index (κ3) is 10.6. The van der Waals surface area contributed by atoms with Gasteiger partial charge in [-0.05, 0) is 45.6 Å². The molecule has 3 aromatic rings. The molecule has 0 spiro atoms. The first-order valence-corrected chi connectivity index (χ1v) is 14.3. The van der Waals surface area contributed by atoms with Gasteiger partial charge >= 0.3 is 22.7 Å². The number of hydrogen-bond acceptors (Lipinski definition) is 17. The van der Waals surface area contributed by atoms with E-state index >= 15 is 0 Å². The van der Waals surface area contributed by atoms with Crippen molar-refractivity contribution < 1.29 is 44.5 Å². The number of rotatable bonds is 11. The molecule has 51 heavy (non-hydrogen) atoms. The number of non-ortho nitro benzene ring substituents is 2. The molecule has 272 valence electrons. The number of hydrogen-bond donors (Lipinski definition) is 2. The van der Waals surface area contributed by atoms with Crippen LogP contribution in [0.2, 0.25) is 0 Å². The van der Waals surface area contributed by atoms with Crippen molar-refractivity contribution in [2.75, 3.05) is 40.3 Å². The fourth-order valence-electron chi connectivity index (χ4n) is 4.71. The number of likely N-dealkylation sites (N-methyl/N-ethyl adjacent to an activating group) is 1. The molecule has 0 atom stereocenters. The summed E-state index contributed by atoms with van der Waals surface area (Å²) >= 11 is 0. The molecular weight excluding hydrogens is 688 g/mol. The summed E-state index contributed by atoms with van der Waals surface area (Å²) in [6.45, 7) is 4.21. The van der Waals surface area contributed by atoms with Crippen molar-refractivity contribution >= 4 is 40.4 Å². The first kappa shape index (κ1) is 40.4. The van der Waals surface area contributed by atoms with Crippen molar-refractivity contribution in [1.82, 2.24) is 9.80 Å². The Hall–Kier alpha value is -6.75. The lowest BCUT2D eigenvalue weighted by atomic mass is 9.74. The number of aldehydes is 1. The molecule has 1 aliphatic heterocycles. The third-order valence-corrected chi connectivity index (χ3v) is 7.50. The van der Waals surface area contributed by atoms with Crippen LogP contribution < -0.4 is 0 Å². The Labute approximate surface area is 285 Å². The molecule has 0 amide bonds. The lowest BCUT2D eigenvalue weighted by molar-refractivity contribution is -0.404. The molecule has 0 bridgehead atoms. The maximum atomic E-state index is 11.6. The summed E-state index contributed by atoms with van der Waals surface area (Å²) < 4.78 is 0. The van der Waals surface area contributed by atoms with Gasteiger partial charge in [-0.3, -0.25) is 60.7 Å². The van der Waals surface area contributed by atoms with Crippen molar-refractivity contribution in [3.8, 4) is 11.5 Å². The van der Waals surface area contributed by atoms with Gasteiger partial charge in [0.2, 0.25) is 0 Å². The van der Waals surface area contributed by atoms with Crippen LogP contribution >= 0.6 is 0 Å². The number of nitrogens with zero attached hydrogens (tertiary/aromatic N) is 8. The fourth-order valence-corrected chi connectivity index (χ4v) is 4.71. The van der Waals surface area contributed by atoms with Crippen molar-refractivity contribution in [3.05, 3.63) is 121 Å². The van der Waals surface area contributed by atoms with Crippen LogP contribution in [0.4, 0.5) is 34.1 Å². The molecule has 1 heterocycles. The zero-order chi connectivity index (χ0) is 38.6. The van der Waals surface area contributed by atoms with Crippen molar-refractivity contribution in [2.45, 2.75) is 18.3 Å². The van der Waals surface area contributed by atoms with Crippen LogP contribution in [0.1, 0.15) is 18.4 Å². The average Bonchev–Trinajstić information content (AvgIpc) is 3.08. The number of carbonyl (C=O) groups excluding carboxylic acids is 1. The van der Waals surface area contributed by atoms with Gasteiger partial charge in [-0.15, -0.1) is 0 Å². The number of phenols is 2. The summed E-state index contributed by atoms with van der Waals surface area (Å²) in [4.78, 5) is 71.8. The van der Waals surface area contributed by atoms with E-state index < -0.39 is 75.2 Å². The van der Waals surface area contributed by atoms with Crippen molar-refractivity contribution in [3.63, 3.8) is 0 Å². The standard InChI is InChI=1S/C16H24N2O.2C6H3N3O7/c1-17(2)12-13-18-10-8-16(14-19,9-11-18)15-6-4-3-5-7-15;2*10-6-4(8(13)14)1-3(7(11)12)2-5(6)9(15)16/h3-7,14H,8-13H2,1-2H3;2*1-2,10H. The Kier molecular flexibility index (Phi) is 13.9. The predicted molar refractivity (Wildman–Crippen MR) is 175 cm³/mol. The summed E-state index contributed by atoms with van der Waals surface area (Å²) in [5.74, 6) is -2.42. The molecule has 0 unspecified atom stereocenters. The number of carbonyl (C=O) groups is 1. The van der Waals surface area contributed by atoms with Gasteiger partial charge in [0.15, 0.2) is 0 Å². The van der Waals surface area contributed by atoms with E-state index in [1.54, 1.807) is 0 Å². The highest BCUT2D eigenvalue weighted by molar-refractivity contribution is 5.69. The first-order chi connectivity index (χ1) is 23.8. The van der Waals surface area contributed by atoms with Crippen LogP contribution in [0.3, 0.4) is 0 Å². The summed E-state index contributed by atoms with van der Waals surface area (Å²) in [5.41, 5.74) is -5.08. The third-order valence-electron chi connectivity index (χ3n) is 7.50. The van der Waals surface area contributed by atoms with Gasteiger partial charge in [0.1, 0.15) is 6.29 Å². The normalized spacial score (nSPS) is 13.4. The van der Waals surface area contributed by atoms with Crippen molar-refractivity contribution in [1.29, 1.82) is 0 Å². The molecule has 0 saturated carbocycles. The highest BCUT2D eigenvalue weighted by atomic mass is 16.7. The Balaban J connectivity index is 0.000000267. The molecule has 3 aromatic carbocycles. The highest BCUT2D eigenvalue weighted by Crippen LogP contribution is 2.40. The van der Waals surface area contributed by atoms with Crippen LogP contribution in [0.5, 0.6) is 11.5 Å². The molecule has 0 aliphatic carbocycles. The van der Waals surface area contributed by atoms with E-state index in [0.29, 0.717) is 24.3 Å². The number of aromatic hydroxyl groups is 2. The molecule has 0 radical (unpaired) electrons. The largest absolute Gasteiger partial charge is 0.497 e. The molecular formula is C28H30N8O15.